The van der Waals surface area contributed by atoms with Crippen molar-refractivity contribution in [2.45, 2.75) is 44.8 Å². The van der Waals surface area contributed by atoms with E-state index in [4.69, 9.17) is 0 Å². The smallest absolute Gasteiger partial charge is 0.234 e. The second kappa shape index (κ2) is 7.75. The Kier molecular flexibility index (Phi) is 5.64. The summed E-state index contributed by atoms with van der Waals surface area (Å²) in [6.45, 7) is 7.76. The van der Waals surface area contributed by atoms with Gasteiger partial charge in [0.2, 0.25) is 5.91 Å². The molecule has 2 atom stereocenters. The maximum absolute atomic E-state index is 12.3. The van der Waals surface area contributed by atoms with Gasteiger partial charge >= 0.3 is 0 Å². The summed E-state index contributed by atoms with van der Waals surface area (Å²) < 4.78 is 0. The lowest BCUT2D eigenvalue weighted by Gasteiger charge is -2.33. The van der Waals surface area contributed by atoms with Crippen LogP contribution in [0.3, 0.4) is 0 Å². The van der Waals surface area contributed by atoms with Gasteiger partial charge in [0, 0.05) is 31.4 Å². The highest BCUT2D eigenvalue weighted by atomic mass is 16.3. The third-order valence-electron chi connectivity index (χ3n) is 5.52. The van der Waals surface area contributed by atoms with Crippen LogP contribution < -0.4 is 10.2 Å². The van der Waals surface area contributed by atoms with E-state index in [-0.39, 0.29) is 11.9 Å². The number of anilines is 1. The van der Waals surface area contributed by atoms with Crippen molar-refractivity contribution in [2.24, 2.45) is 5.92 Å². The molecule has 0 radical (unpaired) electrons. The Balaban J connectivity index is 1.43. The van der Waals surface area contributed by atoms with Gasteiger partial charge < -0.3 is 15.3 Å². The standard InChI is InChI=1S/C20H31N3O2/c1-20(2,25)18-9-6-11-23(18)15-19(24)21-13-16-10-12-22(14-16)17-7-4-3-5-8-17/h3-5,7-8,16,18,25H,6,9-15H2,1-2H3,(H,21,24). The number of rotatable bonds is 6. The molecule has 0 spiro atoms. The molecule has 5 heteroatoms. The minimum atomic E-state index is -0.752. The van der Waals surface area contributed by atoms with Gasteiger partial charge in [0.15, 0.2) is 0 Å². The molecule has 0 bridgehead atoms. The fraction of sp³-hybridized carbons (Fsp3) is 0.650. The van der Waals surface area contributed by atoms with E-state index in [2.05, 4.69) is 39.4 Å². The molecule has 0 aromatic heterocycles. The Labute approximate surface area is 151 Å². The molecule has 2 aliphatic rings. The van der Waals surface area contributed by atoms with Crippen LogP contribution >= 0.6 is 0 Å². The second-order valence-electron chi connectivity index (χ2n) is 8.02. The Morgan fingerprint density at radius 1 is 1.24 bits per heavy atom. The summed E-state index contributed by atoms with van der Waals surface area (Å²) in [7, 11) is 0. The highest BCUT2D eigenvalue weighted by Crippen LogP contribution is 2.26. The Hall–Kier alpha value is -1.59. The molecule has 2 saturated heterocycles. The summed E-state index contributed by atoms with van der Waals surface area (Å²) in [4.78, 5) is 16.8. The zero-order valence-electron chi connectivity index (χ0n) is 15.4. The van der Waals surface area contributed by atoms with Gasteiger partial charge in [-0.05, 0) is 57.7 Å². The number of nitrogens with zero attached hydrogens (tertiary/aromatic N) is 2. The number of likely N-dealkylation sites (tertiary alicyclic amines) is 1. The van der Waals surface area contributed by atoms with Gasteiger partial charge in [-0.1, -0.05) is 18.2 Å². The van der Waals surface area contributed by atoms with Crippen LogP contribution in [-0.4, -0.2) is 60.3 Å². The van der Waals surface area contributed by atoms with Gasteiger partial charge in [0.05, 0.1) is 12.1 Å². The number of benzene rings is 1. The van der Waals surface area contributed by atoms with E-state index in [1.807, 2.05) is 19.9 Å². The molecular weight excluding hydrogens is 314 g/mol. The predicted molar refractivity (Wildman–Crippen MR) is 101 cm³/mol. The third-order valence-corrected chi connectivity index (χ3v) is 5.52. The first kappa shape index (κ1) is 18.2. The summed E-state index contributed by atoms with van der Waals surface area (Å²) in [6.07, 6.45) is 3.13. The van der Waals surface area contributed by atoms with Crippen LogP contribution in [0.2, 0.25) is 0 Å². The maximum Gasteiger partial charge on any atom is 0.234 e. The fourth-order valence-corrected chi connectivity index (χ4v) is 4.19. The van der Waals surface area contributed by atoms with Gasteiger partial charge in [-0.15, -0.1) is 0 Å². The summed E-state index contributed by atoms with van der Waals surface area (Å²) >= 11 is 0. The number of aliphatic hydroxyl groups is 1. The van der Waals surface area contributed by atoms with Crippen LogP contribution in [0.1, 0.15) is 33.1 Å². The molecule has 5 nitrogen and oxygen atoms in total. The van der Waals surface area contributed by atoms with Crippen molar-refractivity contribution in [1.82, 2.24) is 10.2 Å². The van der Waals surface area contributed by atoms with E-state index >= 15 is 0 Å². The second-order valence-corrected chi connectivity index (χ2v) is 8.02. The van der Waals surface area contributed by atoms with Crippen molar-refractivity contribution in [3.8, 4) is 0 Å². The topological polar surface area (TPSA) is 55.8 Å². The van der Waals surface area contributed by atoms with Gasteiger partial charge in [-0.3, -0.25) is 9.69 Å². The maximum atomic E-state index is 12.3. The minimum absolute atomic E-state index is 0.0781. The minimum Gasteiger partial charge on any atom is -0.389 e. The number of carbonyl (C=O) groups is 1. The summed E-state index contributed by atoms with van der Waals surface area (Å²) in [5.74, 6) is 0.585. The highest BCUT2D eigenvalue weighted by molar-refractivity contribution is 5.78. The van der Waals surface area contributed by atoms with E-state index in [0.717, 1.165) is 45.4 Å². The van der Waals surface area contributed by atoms with E-state index in [9.17, 15) is 9.90 Å². The summed E-state index contributed by atoms with van der Waals surface area (Å²) in [5, 5.41) is 13.4. The molecule has 3 rings (SSSR count). The lowest BCUT2D eigenvalue weighted by atomic mass is 9.97. The molecular formula is C20H31N3O2. The molecule has 25 heavy (non-hydrogen) atoms. The first-order valence-corrected chi connectivity index (χ1v) is 9.46. The zero-order valence-corrected chi connectivity index (χ0v) is 15.4. The van der Waals surface area contributed by atoms with Crippen molar-refractivity contribution in [3.05, 3.63) is 30.3 Å². The zero-order chi connectivity index (χ0) is 17.9. The average molecular weight is 345 g/mol. The average Bonchev–Trinajstić information content (AvgIpc) is 3.22. The van der Waals surface area contributed by atoms with Gasteiger partial charge in [-0.2, -0.15) is 0 Å². The predicted octanol–water partition coefficient (Wildman–Crippen LogP) is 1.86. The molecule has 2 N–H and O–H groups in total. The van der Waals surface area contributed by atoms with Crippen LogP contribution in [0.15, 0.2) is 30.3 Å². The summed E-state index contributed by atoms with van der Waals surface area (Å²) in [6, 6.07) is 10.5. The first-order valence-electron chi connectivity index (χ1n) is 9.46. The number of hydrogen-bond acceptors (Lipinski definition) is 4. The first-order chi connectivity index (χ1) is 11.9. The highest BCUT2D eigenvalue weighted by Gasteiger charge is 2.36. The Bertz CT molecular complexity index is 570. The monoisotopic (exact) mass is 345 g/mol. The van der Waals surface area contributed by atoms with Crippen LogP contribution in [0, 0.1) is 5.92 Å². The number of amides is 1. The number of carbonyl (C=O) groups excluding carboxylic acids is 1. The molecule has 0 saturated carbocycles. The van der Waals surface area contributed by atoms with E-state index in [0.29, 0.717) is 12.5 Å². The Morgan fingerprint density at radius 3 is 2.72 bits per heavy atom. The molecule has 2 heterocycles. The number of para-hydroxylation sites is 1. The van der Waals surface area contributed by atoms with Crippen LogP contribution in [0.25, 0.3) is 0 Å². The molecule has 1 aromatic carbocycles. The van der Waals surface area contributed by atoms with E-state index in [1.165, 1.54) is 5.69 Å². The van der Waals surface area contributed by atoms with Gasteiger partial charge in [0.25, 0.3) is 0 Å². The number of nitrogens with one attached hydrogen (secondary N) is 1. The largest absolute Gasteiger partial charge is 0.389 e. The van der Waals surface area contributed by atoms with E-state index < -0.39 is 5.60 Å². The molecule has 138 valence electrons. The lowest BCUT2D eigenvalue weighted by molar-refractivity contribution is -0.123. The van der Waals surface area contributed by atoms with Crippen molar-refractivity contribution >= 4 is 11.6 Å². The summed E-state index contributed by atoms with van der Waals surface area (Å²) in [5.41, 5.74) is 0.514. The molecule has 2 fully saturated rings. The van der Waals surface area contributed by atoms with Crippen molar-refractivity contribution in [2.75, 3.05) is 37.6 Å². The quantitative estimate of drug-likeness (QED) is 0.826. The normalized spacial score (nSPS) is 24.7. The Morgan fingerprint density at radius 2 is 2.00 bits per heavy atom. The molecule has 2 unspecified atom stereocenters. The van der Waals surface area contributed by atoms with Gasteiger partial charge in [-0.25, -0.2) is 0 Å². The molecule has 1 aromatic rings. The van der Waals surface area contributed by atoms with Gasteiger partial charge in [0.1, 0.15) is 0 Å². The van der Waals surface area contributed by atoms with Crippen molar-refractivity contribution in [3.63, 3.8) is 0 Å². The van der Waals surface area contributed by atoms with Crippen LogP contribution in [-0.2, 0) is 4.79 Å². The number of hydrogen-bond donors (Lipinski definition) is 2. The van der Waals surface area contributed by atoms with Crippen molar-refractivity contribution in [1.29, 1.82) is 0 Å². The molecule has 2 aliphatic heterocycles. The van der Waals surface area contributed by atoms with Crippen LogP contribution in [0.5, 0.6) is 0 Å². The molecule has 1 amide bonds. The molecule has 0 aliphatic carbocycles. The SMILES string of the molecule is CC(C)(O)C1CCCN1CC(=O)NCC1CCN(c2ccccc2)C1. The van der Waals surface area contributed by atoms with E-state index in [1.54, 1.807) is 0 Å². The van der Waals surface area contributed by atoms with Crippen molar-refractivity contribution < 1.29 is 9.90 Å². The van der Waals surface area contributed by atoms with Crippen LogP contribution in [0.4, 0.5) is 5.69 Å². The lowest BCUT2D eigenvalue weighted by Crippen LogP contribution is -2.49. The third kappa shape index (κ3) is 4.73. The fourth-order valence-electron chi connectivity index (χ4n) is 4.19.